The number of hydrogen-bond donors (Lipinski definition) is 2. The van der Waals surface area contributed by atoms with E-state index >= 15 is 0 Å². The van der Waals surface area contributed by atoms with Crippen molar-refractivity contribution in [3.05, 3.63) is 44.1 Å². The second-order valence-electron chi connectivity index (χ2n) is 7.55. The molecule has 2 aliphatic heterocycles. The molecule has 0 spiro atoms. The number of H-pyrrole nitrogens is 1. The number of rotatable bonds is 6. The molecule has 9 nitrogen and oxygen atoms in total. The molecule has 0 aromatic heterocycles. The average Bonchev–Trinajstić information content (AvgIpc) is 3.11. The molecule has 1 aliphatic carbocycles. The summed E-state index contributed by atoms with van der Waals surface area (Å²) in [5.41, 5.74) is 2.62. The van der Waals surface area contributed by atoms with Crippen LogP contribution in [0.1, 0.15) is 30.4 Å². The topological polar surface area (TPSA) is 119 Å². The maximum absolute atomic E-state index is 12.3. The van der Waals surface area contributed by atoms with Gasteiger partial charge in [-0.05, 0) is 56.4 Å². The van der Waals surface area contributed by atoms with Crippen molar-refractivity contribution in [2.75, 3.05) is 6.54 Å². The first-order valence-electron chi connectivity index (χ1n) is 9.70. The van der Waals surface area contributed by atoms with Crippen LogP contribution in [0.4, 0.5) is 0 Å². The van der Waals surface area contributed by atoms with Crippen molar-refractivity contribution in [2.45, 2.75) is 51.8 Å². The van der Waals surface area contributed by atoms with Crippen LogP contribution in [0.5, 0.6) is 0 Å². The number of hydrogen-bond acceptors (Lipinski definition) is 7. The number of nitrogens with one attached hydrogen (secondary N) is 2. The van der Waals surface area contributed by atoms with Gasteiger partial charge in [-0.25, -0.2) is 9.78 Å². The van der Waals surface area contributed by atoms with E-state index in [1.54, 1.807) is 0 Å². The monoisotopic (exact) mass is 397 g/mol. The Kier molecular flexibility index (Phi) is 5.14. The van der Waals surface area contributed by atoms with E-state index in [9.17, 15) is 14.4 Å². The number of nitrogens with zero attached hydrogens (tertiary/aromatic N) is 3. The van der Waals surface area contributed by atoms with Gasteiger partial charge in [-0.15, -0.1) is 0 Å². The molecule has 2 heterocycles. The van der Waals surface area contributed by atoms with Crippen LogP contribution < -0.4 is 16.6 Å². The predicted octanol–water partition coefficient (Wildman–Crippen LogP) is 0.885. The van der Waals surface area contributed by atoms with E-state index in [2.05, 4.69) is 20.3 Å². The number of carbonyl (C=O) groups is 1. The van der Waals surface area contributed by atoms with Gasteiger partial charge in [0.2, 0.25) is 0 Å². The SMILES string of the molecule is Cc1cc2nc3c(=O)[nH]c(=O)nc-3n(CCN[C@H]3CC[C@@H](OC=O)C3)c2cc1C. The summed E-state index contributed by atoms with van der Waals surface area (Å²) in [6.45, 7) is 5.65. The number of aromatic nitrogens is 4. The second-order valence-corrected chi connectivity index (χ2v) is 7.55. The van der Waals surface area contributed by atoms with Crippen molar-refractivity contribution in [2.24, 2.45) is 0 Å². The van der Waals surface area contributed by atoms with Crippen molar-refractivity contribution in [1.29, 1.82) is 0 Å². The number of aryl methyl sites for hydroxylation is 2. The fourth-order valence-electron chi connectivity index (χ4n) is 3.98. The maximum atomic E-state index is 12.3. The molecule has 0 amide bonds. The third-order valence-corrected chi connectivity index (χ3v) is 5.63. The van der Waals surface area contributed by atoms with Gasteiger partial charge in [0, 0.05) is 19.1 Å². The van der Waals surface area contributed by atoms with Crippen molar-refractivity contribution >= 4 is 17.5 Å². The molecule has 0 saturated heterocycles. The van der Waals surface area contributed by atoms with E-state index < -0.39 is 11.2 Å². The summed E-state index contributed by atoms with van der Waals surface area (Å²) >= 11 is 0. The first-order chi connectivity index (χ1) is 14.0. The Morgan fingerprint density at radius 1 is 1.24 bits per heavy atom. The van der Waals surface area contributed by atoms with Crippen LogP contribution in [-0.2, 0) is 16.1 Å². The van der Waals surface area contributed by atoms with Crippen LogP contribution in [0.3, 0.4) is 0 Å². The summed E-state index contributed by atoms with van der Waals surface area (Å²) in [5.74, 6) is 0.282. The quantitative estimate of drug-likeness (QED) is 0.468. The molecule has 9 heteroatoms. The number of ether oxygens (including phenoxy) is 1. The van der Waals surface area contributed by atoms with Crippen LogP contribution in [-0.4, -0.2) is 44.7 Å². The highest BCUT2D eigenvalue weighted by Gasteiger charge is 2.25. The Labute approximate surface area is 166 Å². The molecule has 1 aromatic rings. The highest BCUT2D eigenvalue weighted by molar-refractivity contribution is 5.81. The van der Waals surface area contributed by atoms with Crippen molar-refractivity contribution in [3.63, 3.8) is 0 Å². The van der Waals surface area contributed by atoms with Gasteiger partial charge in [-0.1, -0.05) is 0 Å². The third kappa shape index (κ3) is 3.77. The molecule has 2 atom stereocenters. The van der Waals surface area contributed by atoms with E-state index in [1.165, 1.54) is 0 Å². The lowest BCUT2D eigenvalue weighted by molar-refractivity contribution is -0.133. The van der Waals surface area contributed by atoms with Gasteiger partial charge >= 0.3 is 5.69 Å². The van der Waals surface area contributed by atoms with Gasteiger partial charge < -0.3 is 14.6 Å². The average molecular weight is 397 g/mol. The highest BCUT2D eigenvalue weighted by atomic mass is 16.5. The molecule has 4 rings (SSSR count). The Hall–Kier alpha value is -3.07. The molecule has 0 bridgehead atoms. The molecular weight excluding hydrogens is 374 g/mol. The number of carbonyl (C=O) groups excluding carboxylic acids is 1. The zero-order valence-electron chi connectivity index (χ0n) is 16.4. The van der Waals surface area contributed by atoms with Crippen LogP contribution in [0.25, 0.3) is 22.6 Å². The Bertz CT molecular complexity index is 1150. The van der Waals surface area contributed by atoms with Gasteiger partial charge in [0.15, 0.2) is 11.5 Å². The first-order valence-corrected chi connectivity index (χ1v) is 9.70. The summed E-state index contributed by atoms with van der Waals surface area (Å²) in [6, 6.07) is 4.21. The third-order valence-electron chi connectivity index (χ3n) is 5.63. The minimum Gasteiger partial charge on any atom is -0.465 e. The molecule has 152 valence electrons. The van der Waals surface area contributed by atoms with E-state index in [0.717, 1.165) is 35.9 Å². The van der Waals surface area contributed by atoms with Gasteiger partial charge in [-0.3, -0.25) is 14.6 Å². The van der Waals surface area contributed by atoms with Crippen molar-refractivity contribution in [1.82, 2.24) is 24.8 Å². The zero-order chi connectivity index (χ0) is 20.5. The molecule has 1 saturated carbocycles. The van der Waals surface area contributed by atoms with Crippen LogP contribution in [0, 0.1) is 13.8 Å². The van der Waals surface area contributed by atoms with Crippen LogP contribution >= 0.6 is 0 Å². The molecule has 3 aliphatic rings. The van der Waals surface area contributed by atoms with Crippen molar-refractivity contribution in [3.8, 4) is 11.5 Å². The maximum Gasteiger partial charge on any atom is 0.349 e. The summed E-state index contributed by atoms with van der Waals surface area (Å²) in [4.78, 5) is 45.3. The molecule has 0 radical (unpaired) electrons. The minimum absolute atomic E-state index is 0.0332. The van der Waals surface area contributed by atoms with Crippen LogP contribution in [0.2, 0.25) is 0 Å². The Balaban J connectivity index is 1.67. The summed E-state index contributed by atoms with van der Waals surface area (Å²) in [5, 5.41) is 3.47. The smallest absolute Gasteiger partial charge is 0.349 e. The van der Waals surface area contributed by atoms with E-state index in [-0.39, 0.29) is 23.7 Å². The standard InChI is InChI=1S/C20H23N5O4/c1-11-7-15-16(8-12(11)2)25(18-17(22-15)19(27)24-20(28)23-18)6-5-21-13-3-4-14(9-13)29-10-26/h7-8,10,13-14,21H,3-6,9H2,1-2H3,(H,24,27,28)/t13-,14+/m0/s1. The lowest BCUT2D eigenvalue weighted by atomic mass is 10.1. The fourth-order valence-corrected chi connectivity index (χ4v) is 3.98. The van der Waals surface area contributed by atoms with Crippen LogP contribution in [0.15, 0.2) is 21.7 Å². The summed E-state index contributed by atoms with van der Waals surface area (Å²) in [7, 11) is 0. The van der Waals surface area contributed by atoms with Gasteiger partial charge in [0.25, 0.3) is 12.0 Å². The van der Waals surface area contributed by atoms with Crippen molar-refractivity contribution < 1.29 is 9.53 Å². The normalized spacial score (nSPS) is 19.1. The molecule has 1 aromatic carbocycles. The van der Waals surface area contributed by atoms with Gasteiger partial charge in [0.05, 0.1) is 11.0 Å². The summed E-state index contributed by atoms with van der Waals surface area (Å²) < 4.78 is 6.92. The molecule has 1 fully saturated rings. The summed E-state index contributed by atoms with van der Waals surface area (Å²) in [6.07, 6.45) is 2.53. The van der Waals surface area contributed by atoms with E-state index in [1.807, 2.05) is 30.5 Å². The predicted molar refractivity (Wildman–Crippen MR) is 107 cm³/mol. The minimum atomic E-state index is -0.682. The molecule has 0 unspecified atom stereocenters. The number of aromatic amines is 1. The fraction of sp³-hybridized carbons (Fsp3) is 0.450. The number of benzene rings is 1. The van der Waals surface area contributed by atoms with E-state index in [4.69, 9.17) is 4.74 Å². The zero-order valence-corrected chi connectivity index (χ0v) is 16.4. The Morgan fingerprint density at radius 3 is 2.83 bits per heavy atom. The first kappa shape index (κ1) is 19.3. The largest absolute Gasteiger partial charge is 0.465 e. The lowest BCUT2D eigenvalue weighted by Gasteiger charge is -2.19. The molecular formula is C20H23N5O4. The lowest BCUT2D eigenvalue weighted by Crippen LogP contribution is -2.33. The second kappa shape index (κ2) is 7.75. The van der Waals surface area contributed by atoms with Gasteiger partial charge in [-0.2, -0.15) is 4.98 Å². The van der Waals surface area contributed by atoms with Gasteiger partial charge in [0.1, 0.15) is 6.10 Å². The number of fused-ring (bicyclic) bond motifs is 2. The van der Waals surface area contributed by atoms with E-state index in [0.29, 0.717) is 25.1 Å². The highest BCUT2D eigenvalue weighted by Crippen LogP contribution is 2.24. The Morgan fingerprint density at radius 2 is 2.03 bits per heavy atom. The molecule has 29 heavy (non-hydrogen) atoms. The molecule has 2 N–H and O–H groups in total.